The number of nitrogens with zero attached hydrogens (tertiary/aromatic N) is 2. The molecule has 0 radical (unpaired) electrons. The number of imide groups is 1. The molecular weight excluding hydrogens is 416 g/mol. The minimum absolute atomic E-state index is 0.00857. The van der Waals surface area contributed by atoms with Gasteiger partial charge in [-0.3, -0.25) is 14.4 Å². The second kappa shape index (κ2) is 10.6. The Morgan fingerprint density at radius 1 is 0.970 bits per heavy atom. The third kappa shape index (κ3) is 5.27. The summed E-state index contributed by atoms with van der Waals surface area (Å²) in [7, 11) is 0. The van der Waals surface area contributed by atoms with Crippen molar-refractivity contribution in [3.8, 4) is 5.75 Å². The van der Waals surface area contributed by atoms with Crippen LogP contribution < -0.4 is 9.64 Å². The van der Waals surface area contributed by atoms with Crippen LogP contribution in [0, 0.1) is 0 Å². The minimum atomic E-state index is -0.747. The van der Waals surface area contributed by atoms with Gasteiger partial charge in [-0.05, 0) is 49.6 Å². The van der Waals surface area contributed by atoms with Gasteiger partial charge in [0, 0.05) is 6.04 Å². The zero-order valence-electron chi connectivity index (χ0n) is 19.2. The molecule has 1 atom stereocenters. The van der Waals surface area contributed by atoms with E-state index in [4.69, 9.17) is 4.74 Å². The van der Waals surface area contributed by atoms with Crippen LogP contribution in [0.15, 0.2) is 54.6 Å². The van der Waals surface area contributed by atoms with Crippen molar-refractivity contribution in [2.75, 3.05) is 11.5 Å². The zero-order chi connectivity index (χ0) is 23.2. The highest BCUT2D eigenvalue weighted by molar-refractivity contribution is 6.23. The molecule has 0 aromatic heterocycles. The molecule has 6 heteroatoms. The number of rotatable bonds is 7. The maximum atomic E-state index is 13.6. The van der Waals surface area contributed by atoms with Crippen molar-refractivity contribution in [1.29, 1.82) is 0 Å². The second-order valence-corrected chi connectivity index (χ2v) is 8.82. The molecule has 0 spiro atoms. The zero-order valence-corrected chi connectivity index (χ0v) is 19.2. The Morgan fingerprint density at radius 3 is 2.27 bits per heavy atom. The van der Waals surface area contributed by atoms with E-state index in [9.17, 15) is 14.4 Å². The molecule has 1 heterocycles. The Kier molecular flexibility index (Phi) is 7.43. The van der Waals surface area contributed by atoms with Gasteiger partial charge in [0.2, 0.25) is 11.8 Å². The van der Waals surface area contributed by atoms with Gasteiger partial charge in [-0.15, -0.1) is 0 Å². The molecule has 0 N–H and O–H groups in total. The predicted octanol–water partition coefficient (Wildman–Crippen LogP) is 4.51. The van der Waals surface area contributed by atoms with E-state index in [1.165, 1.54) is 4.90 Å². The predicted molar refractivity (Wildman–Crippen MR) is 127 cm³/mol. The van der Waals surface area contributed by atoms with Crippen molar-refractivity contribution >= 4 is 23.4 Å². The van der Waals surface area contributed by atoms with Crippen molar-refractivity contribution < 1.29 is 19.1 Å². The Labute approximate surface area is 195 Å². The van der Waals surface area contributed by atoms with E-state index in [2.05, 4.69) is 0 Å². The largest absolute Gasteiger partial charge is 0.494 e. The molecule has 2 aliphatic rings. The Hall–Kier alpha value is -3.15. The van der Waals surface area contributed by atoms with Crippen LogP contribution in [0.2, 0.25) is 0 Å². The first-order chi connectivity index (χ1) is 16.1. The molecule has 1 unspecified atom stereocenters. The number of hydrogen-bond donors (Lipinski definition) is 0. The maximum absolute atomic E-state index is 13.6. The summed E-state index contributed by atoms with van der Waals surface area (Å²) in [6, 6.07) is 15.8. The minimum Gasteiger partial charge on any atom is -0.494 e. The number of anilines is 1. The van der Waals surface area contributed by atoms with Crippen LogP contribution in [0.5, 0.6) is 5.75 Å². The number of ether oxygens (including phenoxy) is 1. The van der Waals surface area contributed by atoms with Crippen molar-refractivity contribution in [3.63, 3.8) is 0 Å². The average Bonchev–Trinajstić information content (AvgIpc) is 2.98. The highest BCUT2D eigenvalue weighted by atomic mass is 16.5. The molecule has 2 aromatic rings. The Balaban J connectivity index is 1.59. The third-order valence-corrected chi connectivity index (χ3v) is 6.57. The first kappa shape index (κ1) is 23.0. The third-order valence-electron chi connectivity index (χ3n) is 6.57. The molecule has 4 rings (SSSR count). The Morgan fingerprint density at radius 2 is 1.64 bits per heavy atom. The van der Waals surface area contributed by atoms with Gasteiger partial charge in [0.15, 0.2) is 0 Å². The lowest BCUT2D eigenvalue weighted by Crippen LogP contribution is -2.51. The van der Waals surface area contributed by atoms with Crippen LogP contribution in [0.4, 0.5) is 5.69 Å². The highest BCUT2D eigenvalue weighted by Gasteiger charge is 2.46. The van der Waals surface area contributed by atoms with Crippen molar-refractivity contribution in [3.05, 3.63) is 60.2 Å². The molecule has 1 saturated heterocycles. The van der Waals surface area contributed by atoms with Gasteiger partial charge in [0.25, 0.3) is 5.91 Å². The van der Waals surface area contributed by atoms with E-state index in [-0.39, 0.29) is 36.6 Å². The van der Waals surface area contributed by atoms with Gasteiger partial charge in [-0.1, -0.05) is 56.0 Å². The van der Waals surface area contributed by atoms with E-state index in [1.807, 2.05) is 37.3 Å². The quantitative estimate of drug-likeness (QED) is 0.462. The summed E-state index contributed by atoms with van der Waals surface area (Å²) in [5.41, 5.74) is 1.44. The Bertz CT molecular complexity index is 965. The standard InChI is InChI=1S/C27H32N2O4/c1-2-33-23-16-14-22(15-17-23)29-26(31)19-24(27(29)32)28(21-12-8-3-4-9-13-21)25(30)18-20-10-6-5-7-11-20/h5-7,10-11,14-17,21,24H,2-4,8-9,12-13,18-19H2,1H3. The van der Waals surface area contributed by atoms with Gasteiger partial charge in [0.05, 0.1) is 25.1 Å². The van der Waals surface area contributed by atoms with Gasteiger partial charge in [0.1, 0.15) is 11.8 Å². The van der Waals surface area contributed by atoms with Crippen LogP contribution in [-0.2, 0) is 20.8 Å². The fourth-order valence-electron chi connectivity index (χ4n) is 4.99. The highest BCUT2D eigenvalue weighted by Crippen LogP contribution is 2.32. The summed E-state index contributed by atoms with van der Waals surface area (Å²) in [4.78, 5) is 43.1. The normalized spacial score (nSPS) is 19.4. The molecule has 174 valence electrons. The monoisotopic (exact) mass is 448 g/mol. The molecule has 2 fully saturated rings. The summed E-state index contributed by atoms with van der Waals surface area (Å²) in [6.07, 6.45) is 6.39. The molecule has 1 saturated carbocycles. The first-order valence-corrected chi connectivity index (χ1v) is 12.0. The van der Waals surface area contributed by atoms with E-state index in [1.54, 1.807) is 29.2 Å². The lowest BCUT2D eigenvalue weighted by atomic mass is 10.0. The number of carbonyl (C=O) groups is 3. The topological polar surface area (TPSA) is 66.9 Å². The van der Waals surface area contributed by atoms with E-state index >= 15 is 0 Å². The van der Waals surface area contributed by atoms with Crippen molar-refractivity contribution in [2.45, 2.75) is 70.4 Å². The van der Waals surface area contributed by atoms with Crippen molar-refractivity contribution in [2.24, 2.45) is 0 Å². The fraction of sp³-hybridized carbons (Fsp3) is 0.444. The summed E-state index contributed by atoms with van der Waals surface area (Å²) >= 11 is 0. The van der Waals surface area contributed by atoms with Crippen LogP contribution in [0.1, 0.15) is 57.4 Å². The smallest absolute Gasteiger partial charge is 0.257 e. The number of amides is 3. The molecule has 1 aliphatic carbocycles. The van der Waals surface area contributed by atoms with Gasteiger partial charge < -0.3 is 9.64 Å². The van der Waals surface area contributed by atoms with E-state index in [0.717, 1.165) is 44.1 Å². The molecule has 0 bridgehead atoms. The molecule has 6 nitrogen and oxygen atoms in total. The maximum Gasteiger partial charge on any atom is 0.257 e. The molecule has 1 aliphatic heterocycles. The molecule has 2 aromatic carbocycles. The lowest BCUT2D eigenvalue weighted by molar-refractivity contribution is -0.140. The van der Waals surface area contributed by atoms with E-state index < -0.39 is 6.04 Å². The van der Waals surface area contributed by atoms with Crippen LogP contribution in [-0.4, -0.2) is 41.3 Å². The molecule has 33 heavy (non-hydrogen) atoms. The second-order valence-electron chi connectivity index (χ2n) is 8.82. The molecule has 3 amide bonds. The summed E-state index contributed by atoms with van der Waals surface area (Å²) in [5, 5.41) is 0. The number of hydrogen-bond acceptors (Lipinski definition) is 4. The lowest BCUT2D eigenvalue weighted by Gasteiger charge is -2.35. The van der Waals surface area contributed by atoms with Crippen LogP contribution >= 0.6 is 0 Å². The SMILES string of the molecule is CCOc1ccc(N2C(=O)CC(N(C(=O)Cc3ccccc3)C3CCCCCC3)C2=O)cc1. The van der Waals surface area contributed by atoms with Gasteiger partial charge in [-0.2, -0.15) is 0 Å². The molecular formula is C27H32N2O4. The first-order valence-electron chi connectivity index (χ1n) is 12.0. The van der Waals surface area contributed by atoms with Gasteiger partial charge >= 0.3 is 0 Å². The summed E-state index contributed by atoms with van der Waals surface area (Å²) in [6.45, 7) is 2.45. The average molecular weight is 449 g/mol. The van der Waals surface area contributed by atoms with Crippen LogP contribution in [0.3, 0.4) is 0 Å². The fourth-order valence-corrected chi connectivity index (χ4v) is 4.99. The summed E-state index contributed by atoms with van der Waals surface area (Å²) < 4.78 is 5.47. The van der Waals surface area contributed by atoms with Gasteiger partial charge in [-0.25, -0.2) is 4.90 Å². The number of benzene rings is 2. The van der Waals surface area contributed by atoms with Crippen molar-refractivity contribution in [1.82, 2.24) is 4.90 Å². The number of carbonyl (C=O) groups excluding carboxylic acids is 3. The van der Waals surface area contributed by atoms with E-state index in [0.29, 0.717) is 18.0 Å². The summed E-state index contributed by atoms with van der Waals surface area (Å²) in [5.74, 6) is 0.0397. The van der Waals surface area contributed by atoms with Crippen LogP contribution in [0.25, 0.3) is 0 Å².